The molecule has 0 bridgehead atoms. The average molecular weight is 383 g/mol. The number of aromatic nitrogens is 1. The predicted octanol–water partition coefficient (Wildman–Crippen LogP) is 6.05. The quantitative estimate of drug-likeness (QED) is 0.468. The van der Waals surface area contributed by atoms with Crippen molar-refractivity contribution in [2.24, 2.45) is 0 Å². The van der Waals surface area contributed by atoms with Gasteiger partial charge in [0, 0.05) is 16.1 Å². The normalized spacial score (nSPS) is 10.8. The van der Waals surface area contributed by atoms with Gasteiger partial charge in [-0.05, 0) is 54.6 Å². The van der Waals surface area contributed by atoms with Crippen molar-refractivity contribution in [2.75, 3.05) is 5.32 Å². The number of amides is 1. The van der Waals surface area contributed by atoms with Gasteiger partial charge in [-0.3, -0.25) is 4.79 Å². The summed E-state index contributed by atoms with van der Waals surface area (Å²) in [7, 11) is 0. The summed E-state index contributed by atoms with van der Waals surface area (Å²) in [5.74, 6) is 0.183. The van der Waals surface area contributed by atoms with Crippen molar-refractivity contribution >= 4 is 45.9 Å². The van der Waals surface area contributed by atoms with Gasteiger partial charge in [-0.2, -0.15) is 0 Å². The van der Waals surface area contributed by atoms with E-state index in [-0.39, 0.29) is 5.91 Å². The smallest absolute Gasteiger partial charge is 0.255 e. The Morgan fingerprint density at radius 3 is 2.50 bits per heavy atom. The Morgan fingerprint density at radius 2 is 1.73 bits per heavy atom. The van der Waals surface area contributed by atoms with Gasteiger partial charge in [0.25, 0.3) is 5.91 Å². The predicted molar refractivity (Wildman–Crippen MR) is 104 cm³/mol. The molecule has 0 aliphatic rings. The summed E-state index contributed by atoms with van der Waals surface area (Å²) in [6, 6.07) is 19.4. The Kier molecular flexibility index (Phi) is 4.37. The number of carbonyl (C=O) groups excluding carboxylic acids is 1. The van der Waals surface area contributed by atoms with Gasteiger partial charge >= 0.3 is 0 Å². The fraction of sp³-hybridized carbons (Fsp3) is 0. The molecular formula is C20H12Cl2N2O2. The second-order valence-electron chi connectivity index (χ2n) is 5.64. The molecule has 0 aliphatic heterocycles. The molecule has 1 amide bonds. The molecule has 0 aliphatic carbocycles. The lowest BCUT2D eigenvalue weighted by Gasteiger charge is -2.08. The summed E-state index contributed by atoms with van der Waals surface area (Å²) in [5.41, 5.74) is 3.15. The molecule has 0 saturated heterocycles. The molecule has 4 aromatic rings. The lowest BCUT2D eigenvalue weighted by molar-refractivity contribution is 0.102. The first-order valence-electron chi connectivity index (χ1n) is 7.82. The van der Waals surface area contributed by atoms with Gasteiger partial charge in [-0.25, -0.2) is 4.98 Å². The lowest BCUT2D eigenvalue weighted by atomic mass is 10.1. The molecule has 1 N–H and O–H groups in total. The Hall–Kier alpha value is -2.82. The van der Waals surface area contributed by atoms with Crippen molar-refractivity contribution in [3.63, 3.8) is 0 Å². The van der Waals surface area contributed by atoms with E-state index < -0.39 is 0 Å². The zero-order valence-corrected chi connectivity index (χ0v) is 14.9. The largest absolute Gasteiger partial charge is 0.436 e. The Labute approximate surface area is 159 Å². The van der Waals surface area contributed by atoms with Crippen LogP contribution in [0.2, 0.25) is 10.0 Å². The van der Waals surface area contributed by atoms with Crippen LogP contribution in [-0.2, 0) is 0 Å². The number of hydrogen-bond donors (Lipinski definition) is 1. The highest BCUT2D eigenvalue weighted by Gasteiger charge is 2.13. The van der Waals surface area contributed by atoms with Crippen LogP contribution in [0.25, 0.3) is 22.6 Å². The van der Waals surface area contributed by atoms with Gasteiger partial charge in [0.15, 0.2) is 5.58 Å². The molecule has 6 heteroatoms. The summed E-state index contributed by atoms with van der Waals surface area (Å²) in [6.07, 6.45) is 0. The summed E-state index contributed by atoms with van der Waals surface area (Å²) >= 11 is 12.1. The highest BCUT2D eigenvalue weighted by molar-refractivity contribution is 6.34. The van der Waals surface area contributed by atoms with Crippen LogP contribution in [-0.4, -0.2) is 10.9 Å². The molecule has 3 aromatic carbocycles. The third-order valence-corrected chi connectivity index (χ3v) is 4.44. The molecule has 0 radical (unpaired) electrons. The molecule has 0 unspecified atom stereocenters. The van der Waals surface area contributed by atoms with E-state index in [9.17, 15) is 4.79 Å². The molecule has 0 spiro atoms. The zero-order chi connectivity index (χ0) is 18.1. The first kappa shape index (κ1) is 16.6. The number of carbonyl (C=O) groups is 1. The average Bonchev–Trinajstić information content (AvgIpc) is 3.08. The molecule has 1 aromatic heterocycles. The van der Waals surface area contributed by atoms with Crippen LogP contribution in [0.4, 0.5) is 5.69 Å². The molecule has 0 fully saturated rings. The van der Waals surface area contributed by atoms with Gasteiger partial charge in [0.2, 0.25) is 5.89 Å². The number of fused-ring (bicyclic) bond motifs is 1. The second-order valence-corrected chi connectivity index (χ2v) is 6.49. The van der Waals surface area contributed by atoms with Crippen LogP contribution >= 0.6 is 23.2 Å². The van der Waals surface area contributed by atoms with Gasteiger partial charge in [-0.15, -0.1) is 0 Å². The molecule has 128 valence electrons. The van der Waals surface area contributed by atoms with Crippen LogP contribution in [0.3, 0.4) is 0 Å². The standard InChI is InChI=1S/C20H12Cl2N2O2/c21-14-8-5-12(6-9-14)19(25)23-17-11-13(7-10-15(17)22)20-24-16-3-1-2-4-18(16)26-20/h1-11H,(H,23,25). The minimum absolute atomic E-state index is 0.279. The number of benzene rings is 3. The lowest BCUT2D eigenvalue weighted by Crippen LogP contribution is -2.12. The molecule has 26 heavy (non-hydrogen) atoms. The molecular weight excluding hydrogens is 371 g/mol. The maximum Gasteiger partial charge on any atom is 0.255 e. The van der Waals surface area contributed by atoms with E-state index >= 15 is 0 Å². The van der Waals surface area contributed by atoms with E-state index in [0.717, 1.165) is 11.1 Å². The minimum Gasteiger partial charge on any atom is -0.436 e. The summed E-state index contributed by atoms with van der Waals surface area (Å²) in [6.45, 7) is 0. The molecule has 1 heterocycles. The number of halogens is 2. The van der Waals surface area contributed by atoms with Crippen LogP contribution < -0.4 is 5.32 Å². The Balaban J connectivity index is 1.65. The second kappa shape index (κ2) is 6.83. The van der Waals surface area contributed by atoms with Crippen molar-refractivity contribution in [3.8, 4) is 11.5 Å². The number of hydrogen-bond acceptors (Lipinski definition) is 3. The minimum atomic E-state index is -0.279. The number of nitrogens with one attached hydrogen (secondary N) is 1. The Bertz CT molecular complexity index is 1070. The number of rotatable bonds is 3. The third kappa shape index (κ3) is 3.29. The maximum absolute atomic E-state index is 12.4. The van der Waals surface area contributed by atoms with Gasteiger partial charge in [0.1, 0.15) is 5.52 Å². The number of oxazole rings is 1. The third-order valence-electron chi connectivity index (χ3n) is 3.86. The SMILES string of the molecule is O=C(Nc1cc(-c2nc3ccccc3o2)ccc1Cl)c1ccc(Cl)cc1. The number of nitrogens with zero attached hydrogens (tertiary/aromatic N) is 1. The van der Waals surface area contributed by atoms with E-state index in [1.807, 2.05) is 24.3 Å². The zero-order valence-electron chi connectivity index (χ0n) is 13.4. The van der Waals surface area contributed by atoms with Crippen LogP contribution in [0.5, 0.6) is 0 Å². The van der Waals surface area contributed by atoms with Crippen LogP contribution in [0, 0.1) is 0 Å². The van der Waals surface area contributed by atoms with Crippen LogP contribution in [0.15, 0.2) is 71.1 Å². The Morgan fingerprint density at radius 1 is 0.962 bits per heavy atom. The summed E-state index contributed by atoms with van der Waals surface area (Å²) in [5, 5.41) is 3.80. The molecule has 0 atom stereocenters. The first-order chi connectivity index (χ1) is 12.6. The number of anilines is 1. The maximum atomic E-state index is 12.4. The molecule has 0 saturated carbocycles. The fourth-order valence-electron chi connectivity index (χ4n) is 2.55. The van der Waals surface area contributed by atoms with Crippen molar-refractivity contribution in [1.29, 1.82) is 0 Å². The summed E-state index contributed by atoms with van der Waals surface area (Å²) in [4.78, 5) is 16.9. The van der Waals surface area contributed by atoms with Gasteiger partial charge in [0.05, 0.1) is 10.7 Å². The fourth-order valence-corrected chi connectivity index (χ4v) is 2.84. The first-order valence-corrected chi connectivity index (χ1v) is 8.58. The van der Waals surface area contributed by atoms with E-state index in [1.165, 1.54) is 0 Å². The molecule has 4 rings (SSSR count). The van der Waals surface area contributed by atoms with Crippen molar-refractivity contribution < 1.29 is 9.21 Å². The highest BCUT2D eigenvalue weighted by atomic mass is 35.5. The van der Waals surface area contributed by atoms with Crippen molar-refractivity contribution in [1.82, 2.24) is 4.98 Å². The van der Waals surface area contributed by atoms with Crippen LogP contribution in [0.1, 0.15) is 10.4 Å². The van der Waals surface area contributed by atoms with Crippen molar-refractivity contribution in [3.05, 3.63) is 82.3 Å². The van der Waals surface area contributed by atoms with E-state index in [4.69, 9.17) is 27.6 Å². The van der Waals surface area contributed by atoms with E-state index in [1.54, 1.807) is 42.5 Å². The highest BCUT2D eigenvalue weighted by Crippen LogP contribution is 2.30. The number of para-hydroxylation sites is 2. The molecule has 4 nitrogen and oxygen atoms in total. The van der Waals surface area contributed by atoms with Gasteiger partial charge in [-0.1, -0.05) is 35.3 Å². The summed E-state index contributed by atoms with van der Waals surface area (Å²) < 4.78 is 5.77. The topological polar surface area (TPSA) is 55.1 Å². The van der Waals surface area contributed by atoms with E-state index in [2.05, 4.69) is 10.3 Å². The monoisotopic (exact) mass is 382 g/mol. The van der Waals surface area contributed by atoms with E-state index in [0.29, 0.717) is 32.8 Å². The van der Waals surface area contributed by atoms with Crippen molar-refractivity contribution in [2.45, 2.75) is 0 Å². The van der Waals surface area contributed by atoms with Gasteiger partial charge < -0.3 is 9.73 Å².